The summed E-state index contributed by atoms with van der Waals surface area (Å²) in [6, 6.07) is 1.96. The lowest BCUT2D eigenvalue weighted by Gasteiger charge is -2.14. The summed E-state index contributed by atoms with van der Waals surface area (Å²) in [6.07, 6.45) is 0.479. The molecule has 0 saturated carbocycles. The molecular weight excluding hydrogens is 279 g/mol. The van der Waals surface area contributed by atoms with Crippen LogP contribution in [0.5, 0.6) is 0 Å². The molecule has 1 heterocycles. The molecule has 1 N–H and O–H groups in total. The van der Waals surface area contributed by atoms with Gasteiger partial charge in [-0.15, -0.1) is 11.3 Å². The third-order valence-electron chi connectivity index (χ3n) is 2.44. The van der Waals surface area contributed by atoms with Gasteiger partial charge in [-0.05, 0) is 18.6 Å². The van der Waals surface area contributed by atoms with Crippen LogP contribution in [-0.4, -0.2) is 31.4 Å². The van der Waals surface area contributed by atoms with Gasteiger partial charge in [0.1, 0.15) is 0 Å². The fourth-order valence-corrected chi connectivity index (χ4v) is 3.02. The van der Waals surface area contributed by atoms with Gasteiger partial charge in [0.05, 0.1) is 8.67 Å². The molecule has 1 atom stereocenters. The monoisotopic (exact) mass is 294 g/mol. The van der Waals surface area contributed by atoms with Crippen LogP contribution in [0.1, 0.15) is 24.9 Å². The van der Waals surface area contributed by atoms with E-state index in [0.29, 0.717) is 21.6 Å². The van der Waals surface area contributed by atoms with Crippen LogP contribution in [-0.2, 0) is 4.79 Å². The minimum atomic E-state index is 0.0983. The van der Waals surface area contributed by atoms with Crippen molar-refractivity contribution in [2.24, 2.45) is 0 Å². The van der Waals surface area contributed by atoms with Crippen molar-refractivity contribution in [2.75, 3.05) is 20.6 Å². The van der Waals surface area contributed by atoms with E-state index in [1.54, 1.807) is 19.0 Å². The number of nitrogens with zero attached hydrogens (tertiary/aromatic N) is 1. The molecule has 0 saturated heterocycles. The molecule has 1 aromatic heterocycles. The van der Waals surface area contributed by atoms with Crippen LogP contribution in [0, 0.1) is 0 Å². The largest absolute Gasteiger partial charge is 0.349 e. The zero-order valence-electron chi connectivity index (χ0n) is 10.1. The number of hydrogen-bond acceptors (Lipinski definition) is 3. The highest BCUT2D eigenvalue weighted by atomic mass is 35.5. The lowest BCUT2D eigenvalue weighted by atomic mass is 10.2. The number of carbonyl (C=O) groups excluding carboxylic acids is 1. The van der Waals surface area contributed by atoms with Gasteiger partial charge in [0.15, 0.2) is 0 Å². The topological polar surface area (TPSA) is 32.3 Å². The van der Waals surface area contributed by atoms with Crippen LogP contribution >= 0.6 is 34.5 Å². The number of thiophene rings is 1. The predicted octanol–water partition coefficient (Wildman–Crippen LogP) is 3.18. The molecule has 0 radical (unpaired) electrons. The summed E-state index contributed by atoms with van der Waals surface area (Å²) >= 11 is 13.3. The number of halogens is 2. The van der Waals surface area contributed by atoms with Gasteiger partial charge in [-0.1, -0.05) is 23.2 Å². The van der Waals surface area contributed by atoms with Gasteiger partial charge in [-0.2, -0.15) is 0 Å². The van der Waals surface area contributed by atoms with Gasteiger partial charge in [0.2, 0.25) is 5.91 Å². The second-order valence-electron chi connectivity index (χ2n) is 3.99. The van der Waals surface area contributed by atoms with Gasteiger partial charge in [0.25, 0.3) is 0 Å². The standard InChI is InChI=1S/C11H16Cl2N2OS/c1-7(8-6-9(12)17-11(8)13)14-5-4-10(16)15(2)3/h6-7,14H,4-5H2,1-3H3. The SMILES string of the molecule is CC(NCCC(=O)N(C)C)c1cc(Cl)sc1Cl. The van der Waals surface area contributed by atoms with Crippen molar-refractivity contribution >= 4 is 40.4 Å². The first-order valence-electron chi connectivity index (χ1n) is 5.30. The molecule has 0 fully saturated rings. The molecule has 0 aliphatic heterocycles. The molecule has 96 valence electrons. The van der Waals surface area contributed by atoms with E-state index in [1.807, 2.05) is 13.0 Å². The van der Waals surface area contributed by atoms with Crippen molar-refractivity contribution in [3.05, 3.63) is 20.3 Å². The van der Waals surface area contributed by atoms with E-state index in [4.69, 9.17) is 23.2 Å². The maximum Gasteiger partial charge on any atom is 0.223 e. The van der Waals surface area contributed by atoms with Crippen molar-refractivity contribution in [2.45, 2.75) is 19.4 Å². The average Bonchev–Trinajstić information content (AvgIpc) is 2.57. The fraction of sp³-hybridized carbons (Fsp3) is 0.545. The maximum atomic E-state index is 11.4. The van der Waals surface area contributed by atoms with E-state index in [9.17, 15) is 4.79 Å². The molecule has 1 rings (SSSR count). The Morgan fingerprint density at radius 1 is 1.53 bits per heavy atom. The predicted molar refractivity (Wildman–Crippen MR) is 74.1 cm³/mol. The Hall–Kier alpha value is -0.290. The first kappa shape index (κ1) is 14.8. The van der Waals surface area contributed by atoms with Crippen molar-refractivity contribution in [3.63, 3.8) is 0 Å². The van der Waals surface area contributed by atoms with Gasteiger partial charge < -0.3 is 10.2 Å². The van der Waals surface area contributed by atoms with Crippen LogP contribution in [0.25, 0.3) is 0 Å². The Morgan fingerprint density at radius 3 is 2.65 bits per heavy atom. The lowest BCUT2D eigenvalue weighted by Crippen LogP contribution is -2.28. The van der Waals surface area contributed by atoms with Crippen LogP contribution in [0.15, 0.2) is 6.07 Å². The summed E-state index contributed by atoms with van der Waals surface area (Å²) < 4.78 is 1.39. The lowest BCUT2D eigenvalue weighted by molar-refractivity contribution is -0.128. The van der Waals surface area contributed by atoms with Crippen molar-refractivity contribution in [1.82, 2.24) is 10.2 Å². The first-order valence-corrected chi connectivity index (χ1v) is 6.87. The zero-order chi connectivity index (χ0) is 13.0. The Balaban J connectivity index is 2.42. The number of carbonyl (C=O) groups is 1. The third-order valence-corrected chi connectivity index (χ3v) is 3.96. The molecule has 3 nitrogen and oxygen atoms in total. The van der Waals surface area contributed by atoms with Crippen LogP contribution in [0.4, 0.5) is 0 Å². The summed E-state index contributed by atoms with van der Waals surface area (Å²) in [6.45, 7) is 2.63. The van der Waals surface area contributed by atoms with Crippen molar-refractivity contribution in [3.8, 4) is 0 Å². The summed E-state index contributed by atoms with van der Waals surface area (Å²) in [5, 5.41) is 3.25. The Labute approximate surface area is 116 Å². The van der Waals surface area contributed by atoms with E-state index in [2.05, 4.69) is 5.32 Å². The molecular formula is C11H16Cl2N2OS. The van der Waals surface area contributed by atoms with E-state index in [1.165, 1.54) is 11.3 Å². The van der Waals surface area contributed by atoms with E-state index in [0.717, 1.165) is 5.56 Å². The molecule has 6 heteroatoms. The highest BCUT2D eigenvalue weighted by molar-refractivity contribution is 7.20. The number of nitrogens with one attached hydrogen (secondary N) is 1. The Morgan fingerprint density at radius 2 is 2.18 bits per heavy atom. The highest BCUT2D eigenvalue weighted by Crippen LogP contribution is 2.34. The smallest absolute Gasteiger partial charge is 0.223 e. The molecule has 0 aliphatic carbocycles. The number of amides is 1. The minimum absolute atomic E-state index is 0.0983. The molecule has 1 unspecified atom stereocenters. The van der Waals surface area contributed by atoms with Gasteiger partial charge >= 0.3 is 0 Å². The molecule has 0 aromatic carbocycles. The molecule has 0 spiro atoms. The minimum Gasteiger partial charge on any atom is -0.349 e. The van der Waals surface area contributed by atoms with Crippen molar-refractivity contribution < 1.29 is 4.79 Å². The summed E-state index contributed by atoms with van der Waals surface area (Å²) in [7, 11) is 3.50. The molecule has 0 aliphatic rings. The Bertz CT molecular complexity index is 393. The van der Waals surface area contributed by atoms with Crippen LogP contribution in [0.2, 0.25) is 8.67 Å². The van der Waals surface area contributed by atoms with E-state index < -0.39 is 0 Å². The molecule has 1 amide bonds. The van der Waals surface area contributed by atoms with Crippen LogP contribution < -0.4 is 5.32 Å². The van der Waals surface area contributed by atoms with E-state index >= 15 is 0 Å². The van der Waals surface area contributed by atoms with Gasteiger partial charge in [-0.25, -0.2) is 0 Å². The second-order valence-corrected chi connectivity index (χ2v) is 6.28. The van der Waals surface area contributed by atoms with Gasteiger partial charge in [-0.3, -0.25) is 4.79 Å². The first-order chi connectivity index (χ1) is 7.91. The second kappa shape index (κ2) is 6.59. The van der Waals surface area contributed by atoms with Crippen molar-refractivity contribution in [1.29, 1.82) is 0 Å². The highest BCUT2D eigenvalue weighted by Gasteiger charge is 2.13. The Kier molecular flexibility index (Phi) is 5.73. The average molecular weight is 295 g/mol. The molecule has 0 bridgehead atoms. The van der Waals surface area contributed by atoms with Crippen LogP contribution in [0.3, 0.4) is 0 Å². The summed E-state index contributed by atoms with van der Waals surface area (Å²) in [5.74, 6) is 0.110. The number of hydrogen-bond donors (Lipinski definition) is 1. The maximum absolute atomic E-state index is 11.4. The zero-order valence-corrected chi connectivity index (χ0v) is 12.4. The summed E-state index contributed by atoms with van der Waals surface area (Å²) in [4.78, 5) is 13.0. The quantitative estimate of drug-likeness (QED) is 0.905. The molecule has 1 aromatic rings. The third kappa shape index (κ3) is 4.47. The number of rotatable bonds is 5. The van der Waals surface area contributed by atoms with Gasteiger partial charge in [0, 0.05) is 33.1 Å². The summed E-state index contributed by atoms with van der Waals surface area (Å²) in [5.41, 5.74) is 0.985. The normalized spacial score (nSPS) is 12.5. The molecule has 17 heavy (non-hydrogen) atoms. The fourth-order valence-electron chi connectivity index (χ4n) is 1.38. The van der Waals surface area contributed by atoms with E-state index in [-0.39, 0.29) is 11.9 Å².